The lowest BCUT2D eigenvalue weighted by Crippen LogP contribution is -1.93. The van der Waals surface area contributed by atoms with Gasteiger partial charge in [-0.05, 0) is 29.3 Å². The van der Waals surface area contributed by atoms with E-state index < -0.39 is 7.29 Å². The van der Waals surface area contributed by atoms with Crippen LogP contribution < -0.4 is 5.09 Å². The Labute approximate surface area is 203 Å². The third kappa shape index (κ3) is 5.68. The molecule has 0 saturated carbocycles. The van der Waals surface area contributed by atoms with E-state index in [4.69, 9.17) is 23.2 Å². The van der Waals surface area contributed by atoms with Gasteiger partial charge in [0.2, 0.25) is 7.29 Å². The first-order valence-electron chi connectivity index (χ1n) is 9.23. The highest BCUT2D eigenvalue weighted by molar-refractivity contribution is 9.10. The number of hydrogen-bond donors (Lipinski definition) is 1. The standard InChI is InChI=1S/C23H16BrCl2N2OPS/c24-18-11-12-21-22(13-18)31-23(27-21)28-30(29,14-19(25)16-7-3-1-4-8-16)15-20(26)17-9-5-2-6-10-17/h1-15H,(H,27,28,29)/b19-14-,20-15-. The van der Waals surface area contributed by atoms with Crippen LogP contribution in [0, 0.1) is 0 Å². The molecule has 0 aliphatic heterocycles. The molecule has 1 aromatic heterocycles. The van der Waals surface area contributed by atoms with Crippen LogP contribution in [-0.2, 0) is 4.57 Å². The predicted octanol–water partition coefficient (Wildman–Crippen LogP) is 9.22. The summed E-state index contributed by atoms with van der Waals surface area (Å²) in [6.45, 7) is 0. The predicted molar refractivity (Wildman–Crippen MR) is 139 cm³/mol. The van der Waals surface area contributed by atoms with Gasteiger partial charge in [0.25, 0.3) is 0 Å². The zero-order chi connectivity index (χ0) is 21.8. The van der Waals surface area contributed by atoms with Crippen LogP contribution in [0.4, 0.5) is 5.13 Å². The van der Waals surface area contributed by atoms with Gasteiger partial charge in [0.05, 0.1) is 20.3 Å². The average Bonchev–Trinajstić information content (AvgIpc) is 3.15. The molecule has 3 nitrogen and oxygen atoms in total. The molecule has 4 rings (SSSR count). The van der Waals surface area contributed by atoms with E-state index in [0.29, 0.717) is 15.2 Å². The van der Waals surface area contributed by atoms with Gasteiger partial charge in [-0.25, -0.2) is 4.98 Å². The summed E-state index contributed by atoms with van der Waals surface area (Å²) in [5.41, 5.74) is 2.35. The smallest absolute Gasteiger partial charge is 0.217 e. The molecule has 0 aliphatic rings. The third-order valence-electron chi connectivity index (χ3n) is 4.33. The highest BCUT2D eigenvalue weighted by atomic mass is 79.9. The van der Waals surface area contributed by atoms with Crippen molar-refractivity contribution in [3.05, 3.63) is 106 Å². The molecule has 0 radical (unpaired) electrons. The lowest BCUT2D eigenvalue weighted by atomic mass is 10.2. The second kappa shape index (κ2) is 9.72. The summed E-state index contributed by atoms with van der Waals surface area (Å²) >= 11 is 18.0. The van der Waals surface area contributed by atoms with Crippen molar-refractivity contribution in [2.45, 2.75) is 0 Å². The highest BCUT2D eigenvalue weighted by Crippen LogP contribution is 2.54. The van der Waals surface area contributed by atoms with Crippen molar-refractivity contribution in [2.24, 2.45) is 0 Å². The Hall–Kier alpha value is -1.88. The molecule has 0 saturated heterocycles. The molecule has 0 aliphatic carbocycles. The fourth-order valence-corrected chi connectivity index (χ4v) is 7.40. The average molecular weight is 550 g/mol. The maximum Gasteiger partial charge on any atom is 0.217 e. The Morgan fingerprint density at radius 3 is 2.00 bits per heavy atom. The van der Waals surface area contributed by atoms with Crippen molar-refractivity contribution < 1.29 is 4.57 Å². The molecule has 0 atom stereocenters. The summed E-state index contributed by atoms with van der Waals surface area (Å²) in [6.07, 6.45) is 0. The normalized spacial score (nSPS) is 12.9. The van der Waals surface area contributed by atoms with Crippen molar-refractivity contribution in [1.82, 2.24) is 4.98 Å². The van der Waals surface area contributed by atoms with Crippen molar-refractivity contribution in [3.8, 4) is 0 Å². The van der Waals surface area contributed by atoms with E-state index in [2.05, 4.69) is 26.0 Å². The van der Waals surface area contributed by atoms with E-state index in [-0.39, 0.29) is 0 Å². The number of halogens is 3. The van der Waals surface area contributed by atoms with Crippen LogP contribution in [0.3, 0.4) is 0 Å². The number of hydrogen-bond acceptors (Lipinski definition) is 3. The second-order valence-electron chi connectivity index (χ2n) is 6.64. The van der Waals surface area contributed by atoms with Gasteiger partial charge >= 0.3 is 0 Å². The summed E-state index contributed by atoms with van der Waals surface area (Å²) in [5, 5.41) is 4.36. The van der Waals surface area contributed by atoms with Crippen LogP contribution in [0.25, 0.3) is 20.3 Å². The quantitative estimate of drug-likeness (QED) is 0.244. The van der Waals surface area contributed by atoms with Crippen LogP contribution in [0.2, 0.25) is 0 Å². The molecule has 156 valence electrons. The maximum absolute atomic E-state index is 14.0. The Morgan fingerprint density at radius 2 is 1.45 bits per heavy atom. The largest absolute Gasteiger partial charge is 0.306 e. The van der Waals surface area contributed by atoms with Gasteiger partial charge in [0, 0.05) is 16.1 Å². The van der Waals surface area contributed by atoms with Crippen LogP contribution in [0.5, 0.6) is 0 Å². The summed E-state index contributed by atoms with van der Waals surface area (Å²) in [7, 11) is -3.35. The summed E-state index contributed by atoms with van der Waals surface area (Å²) in [6, 6.07) is 24.6. The SMILES string of the molecule is O=P(/C=C(\Cl)c1ccccc1)(/C=C(\Cl)c1ccccc1)Nc1nc2ccc(Br)cc2s1. The molecule has 4 aromatic rings. The molecule has 8 heteroatoms. The van der Waals surface area contributed by atoms with E-state index in [1.54, 1.807) is 0 Å². The monoisotopic (exact) mass is 548 g/mol. The minimum absolute atomic E-state index is 0.370. The molecular weight excluding hydrogens is 534 g/mol. The Morgan fingerprint density at radius 1 is 0.903 bits per heavy atom. The zero-order valence-electron chi connectivity index (χ0n) is 16.0. The number of thiazole rings is 1. The molecule has 31 heavy (non-hydrogen) atoms. The van der Waals surface area contributed by atoms with Crippen molar-refractivity contribution >= 4 is 83.2 Å². The molecule has 0 bridgehead atoms. The first-order chi connectivity index (χ1) is 14.9. The van der Waals surface area contributed by atoms with Crippen LogP contribution in [0.15, 0.2) is 95.0 Å². The summed E-state index contributed by atoms with van der Waals surface area (Å²) < 4.78 is 15.9. The molecule has 0 unspecified atom stereocenters. The lowest BCUT2D eigenvalue weighted by Gasteiger charge is -2.13. The van der Waals surface area contributed by atoms with Gasteiger partial charge in [-0.15, -0.1) is 0 Å². The molecule has 0 amide bonds. The van der Waals surface area contributed by atoms with Crippen molar-refractivity contribution in [1.29, 1.82) is 0 Å². The minimum Gasteiger partial charge on any atom is -0.306 e. The molecular formula is C23H16BrCl2N2OPS. The number of nitrogens with one attached hydrogen (secondary N) is 1. The van der Waals surface area contributed by atoms with E-state index in [1.807, 2.05) is 78.9 Å². The van der Waals surface area contributed by atoms with Gasteiger partial charge in [-0.1, -0.05) is 111 Å². The van der Waals surface area contributed by atoms with Crippen molar-refractivity contribution in [3.63, 3.8) is 0 Å². The highest BCUT2D eigenvalue weighted by Gasteiger charge is 2.21. The van der Waals surface area contributed by atoms with E-state index in [9.17, 15) is 4.57 Å². The maximum atomic E-state index is 14.0. The van der Waals surface area contributed by atoms with Gasteiger partial charge in [0.15, 0.2) is 5.13 Å². The number of anilines is 1. The molecule has 0 spiro atoms. The molecule has 1 heterocycles. The van der Waals surface area contributed by atoms with Crippen LogP contribution in [0.1, 0.15) is 11.1 Å². The topological polar surface area (TPSA) is 42.0 Å². The minimum atomic E-state index is -3.35. The number of rotatable bonds is 6. The fourth-order valence-electron chi connectivity index (χ4n) is 2.88. The van der Waals surface area contributed by atoms with E-state index >= 15 is 0 Å². The fraction of sp³-hybridized carbons (Fsp3) is 0. The second-order valence-corrected chi connectivity index (χ2v) is 11.6. The Balaban J connectivity index is 1.76. The lowest BCUT2D eigenvalue weighted by molar-refractivity contribution is 0.589. The van der Waals surface area contributed by atoms with Crippen molar-refractivity contribution in [2.75, 3.05) is 5.09 Å². The van der Waals surface area contributed by atoms with Gasteiger partial charge in [-0.2, -0.15) is 0 Å². The first kappa shape index (κ1) is 22.3. The Bertz CT molecular complexity index is 1260. The van der Waals surface area contributed by atoms with Gasteiger partial charge in [0.1, 0.15) is 0 Å². The Kier molecular flexibility index (Phi) is 7.00. The van der Waals surface area contributed by atoms with Gasteiger partial charge < -0.3 is 5.09 Å². The van der Waals surface area contributed by atoms with Crippen LogP contribution in [-0.4, -0.2) is 4.98 Å². The van der Waals surface area contributed by atoms with Gasteiger partial charge in [-0.3, -0.25) is 4.57 Å². The first-order valence-corrected chi connectivity index (χ1v) is 13.4. The molecule has 3 aromatic carbocycles. The summed E-state index contributed by atoms with van der Waals surface area (Å²) in [4.78, 5) is 4.57. The number of benzene rings is 3. The third-order valence-corrected chi connectivity index (χ3v) is 8.71. The summed E-state index contributed by atoms with van der Waals surface area (Å²) in [5.74, 6) is 3.05. The number of nitrogens with zero attached hydrogens (tertiary/aromatic N) is 1. The zero-order valence-corrected chi connectivity index (χ0v) is 20.8. The number of aromatic nitrogens is 1. The molecule has 1 N–H and O–H groups in total. The van der Waals surface area contributed by atoms with E-state index in [0.717, 1.165) is 25.8 Å². The number of fused-ring (bicyclic) bond motifs is 1. The van der Waals surface area contributed by atoms with Crippen LogP contribution >= 0.6 is 57.8 Å². The van der Waals surface area contributed by atoms with E-state index in [1.165, 1.54) is 23.0 Å². The molecule has 0 fully saturated rings.